The number of nitrogens with one attached hydrogen (secondary N) is 2. The standard InChI is InChI=1S/C15H19BrN4/c1-4-13-19-14(17-5-2)9-15(20-13)18-12-7-6-10(3)8-11(12)16/h6-9H,4-5H2,1-3H3,(H2,17,18,19,20). The van der Waals surface area contributed by atoms with Gasteiger partial charge in [-0.25, -0.2) is 9.97 Å². The molecule has 106 valence electrons. The second kappa shape index (κ2) is 6.70. The van der Waals surface area contributed by atoms with Gasteiger partial charge in [0, 0.05) is 23.5 Å². The van der Waals surface area contributed by atoms with Crippen molar-refractivity contribution < 1.29 is 0 Å². The van der Waals surface area contributed by atoms with Crippen molar-refractivity contribution in [3.63, 3.8) is 0 Å². The minimum Gasteiger partial charge on any atom is -0.370 e. The van der Waals surface area contributed by atoms with Crippen LogP contribution >= 0.6 is 15.9 Å². The van der Waals surface area contributed by atoms with Crippen LogP contribution in [0.5, 0.6) is 0 Å². The summed E-state index contributed by atoms with van der Waals surface area (Å²) in [6.07, 6.45) is 0.809. The van der Waals surface area contributed by atoms with Gasteiger partial charge in [-0.05, 0) is 47.5 Å². The fourth-order valence-electron chi connectivity index (χ4n) is 1.85. The number of hydrogen-bond donors (Lipinski definition) is 2. The van der Waals surface area contributed by atoms with E-state index in [1.54, 1.807) is 0 Å². The summed E-state index contributed by atoms with van der Waals surface area (Å²) in [6, 6.07) is 8.12. The van der Waals surface area contributed by atoms with E-state index in [9.17, 15) is 0 Å². The highest BCUT2D eigenvalue weighted by molar-refractivity contribution is 9.10. The largest absolute Gasteiger partial charge is 0.370 e. The van der Waals surface area contributed by atoms with Crippen LogP contribution in [0.3, 0.4) is 0 Å². The molecule has 0 unspecified atom stereocenters. The third-order valence-electron chi connectivity index (χ3n) is 2.83. The fraction of sp³-hybridized carbons (Fsp3) is 0.333. The van der Waals surface area contributed by atoms with Gasteiger partial charge in [-0.3, -0.25) is 0 Å². The van der Waals surface area contributed by atoms with Gasteiger partial charge in [0.2, 0.25) is 0 Å². The molecule has 1 aromatic heterocycles. The summed E-state index contributed by atoms with van der Waals surface area (Å²) in [6.45, 7) is 7.01. The quantitative estimate of drug-likeness (QED) is 0.856. The summed E-state index contributed by atoms with van der Waals surface area (Å²) < 4.78 is 1.03. The first-order chi connectivity index (χ1) is 9.62. The normalized spacial score (nSPS) is 10.4. The Balaban J connectivity index is 2.29. The molecule has 0 spiro atoms. The number of aryl methyl sites for hydroxylation is 2. The zero-order valence-electron chi connectivity index (χ0n) is 12.0. The zero-order valence-corrected chi connectivity index (χ0v) is 13.6. The second-order valence-electron chi connectivity index (χ2n) is 4.55. The molecule has 20 heavy (non-hydrogen) atoms. The molecule has 1 aromatic carbocycles. The van der Waals surface area contributed by atoms with Crippen LogP contribution in [0.4, 0.5) is 17.3 Å². The molecule has 0 aliphatic rings. The van der Waals surface area contributed by atoms with Crippen molar-refractivity contribution in [2.24, 2.45) is 0 Å². The van der Waals surface area contributed by atoms with Gasteiger partial charge in [0.1, 0.15) is 17.5 Å². The highest BCUT2D eigenvalue weighted by Gasteiger charge is 2.05. The van der Waals surface area contributed by atoms with E-state index in [4.69, 9.17) is 0 Å². The number of benzene rings is 1. The van der Waals surface area contributed by atoms with Gasteiger partial charge in [0.15, 0.2) is 0 Å². The molecule has 0 atom stereocenters. The van der Waals surface area contributed by atoms with Crippen LogP contribution in [0.25, 0.3) is 0 Å². The molecule has 0 saturated heterocycles. The van der Waals surface area contributed by atoms with E-state index in [1.165, 1.54) is 5.56 Å². The van der Waals surface area contributed by atoms with E-state index in [0.717, 1.165) is 40.6 Å². The summed E-state index contributed by atoms with van der Waals surface area (Å²) in [5.41, 5.74) is 2.21. The van der Waals surface area contributed by atoms with Crippen molar-refractivity contribution in [2.75, 3.05) is 17.2 Å². The average Bonchev–Trinajstić information content (AvgIpc) is 2.42. The van der Waals surface area contributed by atoms with E-state index < -0.39 is 0 Å². The maximum Gasteiger partial charge on any atom is 0.136 e. The first kappa shape index (κ1) is 14.8. The van der Waals surface area contributed by atoms with Gasteiger partial charge < -0.3 is 10.6 Å². The minimum atomic E-state index is 0.803. The van der Waals surface area contributed by atoms with Crippen molar-refractivity contribution in [3.05, 3.63) is 40.1 Å². The first-order valence-corrected chi connectivity index (χ1v) is 7.56. The number of aromatic nitrogens is 2. The SMILES string of the molecule is CCNc1cc(Nc2ccc(C)cc2Br)nc(CC)n1. The maximum atomic E-state index is 4.51. The lowest BCUT2D eigenvalue weighted by molar-refractivity contribution is 0.939. The monoisotopic (exact) mass is 334 g/mol. The molecule has 0 saturated carbocycles. The molecule has 2 rings (SSSR count). The Morgan fingerprint density at radius 1 is 1.10 bits per heavy atom. The molecule has 0 amide bonds. The summed E-state index contributed by atoms with van der Waals surface area (Å²) in [7, 11) is 0. The van der Waals surface area contributed by atoms with Crippen molar-refractivity contribution >= 4 is 33.3 Å². The molecular weight excluding hydrogens is 316 g/mol. The Labute approximate surface area is 128 Å². The number of nitrogens with zero attached hydrogens (tertiary/aromatic N) is 2. The fourth-order valence-corrected chi connectivity index (χ4v) is 2.44. The Morgan fingerprint density at radius 3 is 2.50 bits per heavy atom. The number of hydrogen-bond acceptors (Lipinski definition) is 4. The van der Waals surface area contributed by atoms with Gasteiger partial charge in [-0.2, -0.15) is 0 Å². The molecule has 4 nitrogen and oxygen atoms in total. The minimum absolute atomic E-state index is 0.803. The van der Waals surface area contributed by atoms with Crippen LogP contribution in [0.2, 0.25) is 0 Å². The van der Waals surface area contributed by atoms with Crippen molar-refractivity contribution in [2.45, 2.75) is 27.2 Å². The Hall–Kier alpha value is -1.62. The smallest absolute Gasteiger partial charge is 0.136 e. The van der Waals surface area contributed by atoms with Crippen molar-refractivity contribution in [1.82, 2.24) is 9.97 Å². The highest BCUT2D eigenvalue weighted by atomic mass is 79.9. The summed E-state index contributed by atoms with van der Waals surface area (Å²) in [4.78, 5) is 8.96. The lowest BCUT2D eigenvalue weighted by Crippen LogP contribution is -2.05. The molecule has 5 heteroatoms. The van der Waals surface area contributed by atoms with Gasteiger partial charge >= 0.3 is 0 Å². The molecule has 0 fully saturated rings. The van der Waals surface area contributed by atoms with Crippen LogP contribution in [0.1, 0.15) is 25.2 Å². The maximum absolute atomic E-state index is 4.51. The third kappa shape index (κ3) is 3.70. The van der Waals surface area contributed by atoms with E-state index in [0.29, 0.717) is 0 Å². The first-order valence-electron chi connectivity index (χ1n) is 6.77. The van der Waals surface area contributed by atoms with E-state index in [-0.39, 0.29) is 0 Å². The summed E-state index contributed by atoms with van der Waals surface area (Å²) in [5, 5.41) is 6.56. The molecule has 0 radical (unpaired) electrons. The lowest BCUT2D eigenvalue weighted by atomic mass is 10.2. The van der Waals surface area contributed by atoms with Gasteiger partial charge in [-0.15, -0.1) is 0 Å². The molecular formula is C15H19BrN4. The van der Waals surface area contributed by atoms with E-state index in [1.807, 2.05) is 12.1 Å². The van der Waals surface area contributed by atoms with Crippen molar-refractivity contribution in [1.29, 1.82) is 0 Å². The van der Waals surface area contributed by atoms with Crippen LogP contribution in [-0.4, -0.2) is 16.5 Å². The topological polar surface area (TPSA) is 49.8 Å². The zero-order chi connectivity index (χ0) is 14.5. The average molecular weight is 335 g/mol. The van der Waals surface area contributed by atoms with Crippen LogP contribution in [-0.2, 0) is 6.42 Å². The van der Waals surface area contributed by atoms with Gasteiger partial charge in [0.05, 0.1) is 5.69 Å². The Morgan fingerprint density at radius 2 is 1.85 bits per heavy atom. The number of halogens is 1. The molecule has 2 aromatic rings. The Bertz CT molecular complexity index is 598. The molecule has 0 bridgehead atoms. The molecule has 1 heterocycles. The van der Waals surface area contributed by atoms with E-state index in [2.05, 4.69) is 69.4 Å². The van der Waals surface area contributed by atoms with Crippen LogP contribution < -0.4 is 10.6 Å². The van der Waals surface area contributed by atoms with E-state index >= 15 is 0 Å². The predicted octanol–water partition coefficient (Wildman–Crippen LogP) is 4.29. The lowest BCUT2D eigenvalue weighted by Gasteiger charge is -2.11. The molecule has 2 N–H and O–H groups in total. The molecule has 0 aliphatic carbocycles. The Kier molecular flexibility index (Phi) is 4.95. The van der Waals surface area contributed by atoms with Gasteiger partial charge in [-0.1, -0.05) is 13.0 Å². The third-order valence-corrected chi connectivity index (χ3v) is 3.49. The molecule has 0 aliphatic heterocycles. The van der Waals surface area contributed by atoms with Gasteiger partial charge in [0.25, 0.3) is 0 Å². The highest BCUT2D eigenvalue weighted by Crippen LogP contribution is 2.26. The second-order valence-corrected chi connectivity index (χ2v) is 5.40. The van der Waals surface area contributed by atoms with Crippen LogP contribution in [0, 0.1) is 6.92 Å². The van der Waals surface area contributed by atoms with Crippen molar-refractivity contribution in [3.8, 4) is 0 Å². The summed E-state index contributed by atoms with van der Waals surface area (Å²) in [5.74, 6) is 2.48. The number of rotatable bonds is 5. The van der Waals surface area contributed by atoms with Crippen LogP contribution in [0.15, 0.2) is 28.7 Å². The summed E-state index contributed by atoms with van der Waals surface area (Å²) >= 11 is 3.57. The predicted molar refractivity (Wildman–Crippen MR) is 87.7 cm³/mol. The number of anilines is 3.